The third kappa shape index (κ3) is 13.3. The molecule has 0 aromatic heterocycles. The van der Waals surface area contributed by atoms with Crippen molar-refractivity contribution in [2.24, 2.45) is 0 Å². The maximum atomic E-state index is 6.69. The first-order chi connectivity index (χ1) is 25.3. The number of hydrogen-bond acceptors (Lipinski definition) is 0. The average Bonchev–Trinajstić information content (AvgIpc) is 3.83. The predicted molar refractivity (Wildman–Crippen MR) is 224 cm³/mol. The van der Waals surface area contributed by atoms with Gasteiger partial charge in [-0.3, -0.25) is 5.92 Å². The molecule has 0 saturated heterocycles. The van der Waals surface area contributed by atoms with Crippen LogP contribution in [0, 0.1) is 44.4 Å². The van der Waals surface area contributed by atoms with E-state index in [0.29, 0.717) is 0 Å². The second-order valence-electron chi connectivity index (χ2n) is 11.1. The fraction of sp³-hybridized carbons (Fsp3) is 0. The molecule has 1 aliphatic rings. The number of hydrogen-bond donors (Lipinski definition) is 0. The molecule has 1 saturated carbocycles. The van der Waals surface area contributed by atoms with Gasteiger partial charge in [0, 0.05) is 0 Å². The molecule has 0 spiro atoms. The van der Waals surface area contributed by atoms with Gasteiger partial charge in [0.1, 0.15) is 0 Å². The van der Waals surface area contributed by atoms with Crippen LogP contribution in [-0.2, 0) is 19.5 Å². The van der Waals surface area contributed by atoms with Crippen LogP contribution in [-0.4, -0.2) is 0 Å². The van der Waals surface area contributed by atoms with Gasteiger partial charge in [0.05, 0.1) is 0 Å². The van der Waals surface area contributed by atoms with Crippen molar-refractivity contribution in [2.45, 2.75) is 0 Å². The number of benzene rings is 7. The molecule has 0 atom stereocenters. The van der Waals surface area contributed by atoms with Gasteiger partial charge in [0.15, 0.2) is 0 Å². The molecular weight excluding hydrogens is 752 g/mol. The van der Waals surface area contributed by atoms with Gasteiger partial charge in [0.25, 0.3) is 0 Å². The Hall–Kier alpha value is -4.42. The van der Waals surface area contributed by atoms with Crippen molar-refractivity contribution in [2.75, 3.05) is 0 Å². The molecule has 253 valence electrons. The second kappa shape index (κ2) is 23.9. The molecule has 5 radical (unpaired) electrons. The minimum atomic E-state index is -0.446. The zero-order valence-corrected chi connectivity index (χ0v) is 32.4. The molecule has 7 aromatic carbocycles. The quantitative estimate of drug-likeness (QED) is 0.0682. The van der Waals surface area contributed by atoms with Crippen molar-refractivity contribution >= 4 is 47.7 Å². The van der Waals surface area contributed by atoms with E-state index in [1.165, 1.54) is 31.8 Å². The molecule has 7 aromatic rings. The van der Waals surface area contributed by atoms with Crippen LogP contribution in [0.15, 0.2) is 212 Å². The summed E-state index contributed by atoms with van der Waals surface area (Å²) in [6.45, 7) is 0. The molecular formula is C49H40P2Ru+. The van der Waals surface area contributed by atoms with Crippen molar-refractivity contribution in [3.05, 3.63) is 256 Å². The third-order valence-electron chi connectivity index (χ3n) is 7.56. The van der Waals surface area contributed by atoms with Crippen molar-refractivity contribution in [1.29, 1.82) is 0 Å². The zero-order chi connectivity index (χ0) is 35.2. The zero-order valence-electron chi connectivity index (χ0n) is 28.8. The van der Waals surface area contributed by atoms with Crippen molar-refractivity contribution in [3.8, 4) is 5.92 Å². The Labute approximate surface area is 327 Å². The summed E-state index contributed by atoms with van der Waals surface area (Å²) in [5, 5.41) is 8.39. The fourth-order valence-corrected chi connectivity index (χ4v) is 9.81. The van der Waals surface area contributed by atoms with E-state index in [1.807, 2.05) is 62.4 Å². The molecule has 52 heavy (non-hydrogen) atoms. The second-order valence-corrected chi connectivity index (χ2v) is 15.6. The summed E-state index contributed by atoms with van der Waals surface area (Å²) in [4.78, 5) is 0. The van der Waals surface area contributed by atoms with Gasteiger partial charge in [-0.05, 0) is 79.8 Å². The smallest absolute Gasteiger partial charge is 0.366 e. The van der Waals surface area contributed by atoms with Crippen LogP contribution in [0.3, 0.4) is 0 Å². The van der Waals surface area contributed by atoms with Crippen molar-refractivity contribution < 1.29 is 19.5 Å². The van der Waals surface area contributed by atoms with E-state index < -0.39 is 15.8 Å². The van der Waals surface area contributed by atoms with E-state index in [0.717, 1.165) is 5.56 Å². The maximum absolute atomic E-state index is 6.69. The largest absolute Gasteiger partial charge is 2.00 e. The molecule has 1 aliphatic carbocycles. The summed E-state index contributed by atoms with van der Waals surface area (Å²) >= 11 is 0. The maximum Gasteiger partial charge on any atom is 2.00 e. The Morgan fingerprint density at radius 3 is 0.596 bits per heavy atom. The predicted octanol–water partition coefficient (Wildman–Crippen LogP) is 9.53. The first-order valence-corrected chi connectivity index (χ1v) is 19.6. The molecule has 0 nitrogen and oxygen atoms in total. The Morgan fingerprint density at radius 1 is 0.269 bits per heavy atom. The van der Waals surface area contributed by atoms with Crippen LogP contribution in [0.4, 0.5) is 0 Å². The minimum absolute atomic E-state index is 0. The Bertz CT molecular complexity index is 1630. The molecule has 3 heteroatoms. The Balaban J connectivity index is 0.000000172. The molecule has 1 fully saturated rings. The van der Waals surface area contributed by atoms with Gasteiger partial charge in [0.2, 0.25) is 0 Å². The topological polar surface area (TPSA) is 0 Å². The molecule has 0 amide bonds. The number of rotatable bonds is 6. The molecule has 0 heterocycles. The van der Waals surface area contributed by atoms with Crippen LogP contribution >= 0.6 is 15.8 Å². The standard InChI is InChI=1S/2C18H15P.C8H5.C5H5.Ru/c2*1-4-10-16(11-5-1)19(17-12-6-2-7-13-17)18-14-8-3-9-15-18;1-2-8-6-4-3-5-7-8;1-2-4-5-3-1;/h2*1-15H;3-7H;1-5H;/q;;-1;;+2. The fourth-order valence-electron chi connectivity index (χ4n) is 5.20. The van der Waals surface area contributed by atoms with Gasteiger partial charge >= 0.3 is 19.5 Å². The van der Waals surface area contributed by atoms with E-state index in [4.69, 9.17) is 6.42 Å². The van der Waals surface area contributed by atoms with Crippen molar-refractivity contribution in [3.63, 3.8) is 0 Å². The molecule has 0 unspecified atom stereocenters. The van der Waals surface area contributed by atoms with E-state index in [2.05, 4.69) is 188 Å². The van der Waals surface area contributed by atoms with Gasteiger partial charge < -0.3 is 6.42 Å². The Kier molecular flexibility index (Phi) is 18.6. The van der Waals surface area contributed by atoms with Crippen LogP contribution in [0.2, 0.25) is 0 Å². The van der Waals surface area contributed by atoms with E-state index >= 15 is 0 Å². The molecule has 0 aliphatic heterocycles. The van der Waals surface area contributed by atoms with E-state index in [1.54, 1.807) is 0 Å². The summed E-state index contributed by atoms with van der Waals surface area (Å²) in [7, 11) is -0.892. The van der Waals surface area contributed by atoms with Crippen LogP contribution in [0.1, 0.15) is 5.56 Å². The summed E-state index contributed by atoms with van der Waals surface area (Å²) in [6, 6.07) is 74.0. The summed E-state index contributed by atoms with van der Waals surface area (Å²) in [6.07, 6.45) is 16.7. The normalized spacial score (nSPS) is 11.2. The summed E-state index contributed by atoms with van der Waals surface area (Å²) in [5.41, 5.74) is 0.826. The molecule has 0 N–H and O–H groups in total. The summed E-state index contributed by atoms with van der Waals surface area (Å²) < 4.78 is 0. The van der Waals surface area contributed by atoms with Gasteiger partial charge in [-0.25, -0.2) is 0 Å². The third-order valence-corrected chi connectivity index (χ3v) is 12.4. The van der Waals surface area contributed by atoms with E-state index in [9.17, 15) is 0 Å². The minimum Gasteiger partial charge on any atom is -0.366 e. The van der Waals surface area contributed by atoms with Crippen LogP contribution in [0.25, 0.3) is 0 Å². The molecule has 0 bridgehead atoms. The first kappa shape index (κ1) is 40.4. The van der Waals surface area contributed by atoms with E-state index in [-0.39, 0.29) is 19.5 Å². The van der Waals surface area contributed by atoms with Gasteiger partial charge in [-0.15, -0.1) is 17.7 Å². The van der Waals surface area contributed by atoms with Gasteiger partial charge in [-0.2, -0.15) is 0 Å². The van der Waals surface area contributed by atoms with Crippen molar-refractivity contribution in [1.82, 2.24) is 0 Å². The Morgan fingerprint density at radius 2 is 0.442 bits per heavy atom. The first-order valence-electron chi connectivity index (χ1n) is 16.9. The average molecular weight is 792 g/mol. The van der Waals surface area contributed by atoms with Gasteiger partial charge in [-0.1, -0.05) is 200 Å². The monoisotopic (exact) mass is 792 g/mol. The molecule has 8 rings (SSSR count). The van der Waals surface area contributed by atoms with Crippen LogP contribution < -0.4 is 31.8 Å². The SMILES string of the molecule is [C-]#Cc1ccccc1.[CH]1[CH][CH][CH][CH]1.[Ru+2].c1ccc(P(c2ccccc2)c2ccccc2)cc1.c1ccc(P(c2ccccc2)c2ccccc2)cc1. The van der Waals surface area contributed by atoms with Crippen LogP contribution in [0.5, 0.6) is 0 Å². The summed E-state index contributed by atoms with van der Waals surface area (Å²) in [5.74, 6) is 2.28.